The van der Waals surface area contributed by atoms with Crippen LogP contribution in [-0.2, 0) is 14.4 Å². The smallest absolute Gasteiger partial charge is 0.198 e. The Morgan fingerprint density at radius 3 is 2.42 bits per heavy atom. The second-order valence-electron chi connectivity index (χ2n) is 4.42. The van der Waals surface area contributed by atoms with Crippen molar-refractivity contribution in [1.82, 2.24) is 5.06 Å². The van der Waals surface area contributed by atoms with Crippen LogP contribution in [0.2, 0.25) is 0 Å². The van der Waals surface area contributed by atoms with Gasteiger partial charge in [0.15, 0.2) is 0 Å². The van der Waals surface area contributed by atoms with E-state index < -0.39 is 19.7 Å². The normalized spacial score (nSPS) is 23.4. The van der Waals surface area contributed by atoms with Crippen molar-refractivity contribution in [3.05, 3.63) is 35.4 Å². The van der Waals surface area contributed by atoms with Crippen molar-refractivity contribution in [3.63, 3.8) is 0 Å². The maximum absolute atomic E-state index is 11.6. The van der Waals surface area contributed by atoms with Gasteiger partial charge in [-0.15, -0.1) is 0 Å². The van der Waals surface area contributed by atoms with Gasteiger partial charge in [-0.2, -0.15) is 17.8 Å². The van der Waals surface area contributed by atoms with Gasteiger partial charge in [-0.25, -0.2) is 0 Å². The molecule has 8 heteroatoms. The molecule has 1 aromatic carbocycles. The van der Waals surface area contributed by atoms with Crippen molar-refractivity contribution >= 4 is 44.9 Å². The van der Waals surface area contributed by atoms with E-state index >= 15 is 0 Å². The van der Waals surface area contributed by atoms with Crippen LogP contribution in [0, 0.1) is 6.92 Å². The minimum Gasteiger partial charge on any atom is -0.198 e. The van der Waals surface area contributed by atoms with Crippen LogP contribution in [-0.4, -0.2) is 29.6 Å². The first-order valence-electron chi connectivity index (χ1n) is 5.48. The molecule has 1 aliphatic heterocycles. The van der Waals surface area contributed by atoms with Gasteiger partial charge >= 0.3 is 0 Å². The Labute approximate surface area is 127 Å². The van der Waals surface area contributed by atoms with Gasteiger partial charge in [0.1, 0.15) is 5.75 Å². The highest BCUT2D eigenvalue weighted by molar-refractivity contribution is 7.87. The molecule has 4 nitrogen and oxygen atoms in total. The molecule has 1 aromatic rings. The van der Waals surface area contributed by atoms with Gasteiger partial charge in [-0.05, 0) is 12.5 Å². The van der Waals surface area contributed by atoms with Gasteiger partial charge < -0.3 is 0 Å². The molecule has 2 unspecified atom stereocenters. The van der Waals surface area contributed by atoms with Crippen LogP contribution in [0.1, 0.15) is 17.2 Å². The zero-order valence-corrected chi connectivity index (χ0v) is 13.1. The second kappa shape index (κ2) is 5.39. The summed E-state index contributed by atoms with van der Waals surface area (Å²) in [5.74, 6) is -0.679. The molecule has 0 saturated carbocycles. The molecule has 1 heterocycles. The summed E-state index contributed by atoms with van der Waals surface area (Å²) in [6.45, 7) is 2.48. The Hall–Kier alpha value is -0.0400. The molecule has 0 spiro atoms. The first-order chi connectivity index (χ1) is 8.66. The average molecular weight is 345 g/mol. The Morgan fingerprint density at radius 2 is 1.89 bits per heavy atom. The highest BCUT2D eigenvalue weighted by Gasteiger charge is 2.42. The SMILES string of the molecule is Cc1ccc(C2CN2OS(=O)(=O)CC(Cl)(Cl)Cl)cc1. The summed E-state index contributed by atoms with van der Waals surface area (Å²) in [6.07, 6.45) is 0. The Kier molecular flexibility index (Phi) is 4.35. The van der Waals surface area contributed by atoms with Crippen molar-refractivity contribution in [1.29, 1.82) is 0 Å². The van der Waals surface area contributed by atoms with Crippen molar-refractivity contribution in [3.8, 4) is 0 Å². The number of aryl methyl sites for hydroxylation is 1. The van der Waals surface area contributed by atoms with Crippen LogP contribution >= 0.6 is 34.8 Å². The first kappa shape index (κ1) is 15.4. The van der Waals surface area contributed by atoms with Crippen molar-refractivity contribution in [2.45, 2.75) is 16.8 Å². The monoisotopic (exact) mass is 343 g/mol. The third-order valence-electron chi connectivity index (χ3n) is 2.58. The van der Waals surface area contributed by atoms with Gasteiger partial charge in [-0.1, -0.05) is 64.6 Å². The number of alkyl halides is 3. The fourth-order valence-corrected chi connectivity index (χ4v) is 3.75. The molecule has 0 amide bonds. The van der Waals surface area contributed by atoms with Crippen molar-refractivity contribution in [2.24, 2.45) is 0 Å². The van der Waals surface area contributed by atoms with E-state index in [-0.39, 0.29) is 6.04 Å². The molecule has 1 fully saturated rings. The molecule has 0 N–H and O–H groups in total. The van der Waals surface area contributed by atoms with E-state index in [0.29, 0.717) is 6.54 Å². The average Bonchev–Trinajstić information content (AvgIpc) is 2.93. The first-order valence-corrected chi connectivity index (χ1v) is 8.20. The molecule has 1 aliphatic rings. The topological polar surface area (TPSA) is 46.4 Å². The van der Waals surface area contributed by atoms with Crippen LogP contribution in [0.15, 0.2) is 24.3 Å². The number of hydroxylamine groups is 2. The van der Waals surface area contributed by atoms with Gasteiger partial charge in [0, 0.05) is 6.54 Å². The zero-order chi connectivity index (χ0) is 14.3. The lowest BCUT2D eigenvalue weighted by atomic mass is 10.1. The summed E-state index contributed by atoms with van der Waals surface area (Å²) >= 11 is 16.3. The minimum atomic E-state index is -3.90. The Balaban J connectivity index is 1.95. The maximum Gasteiger partial charge on any atom is 0.287 e. The van der Waals surface area contributed by atoms with Crippen LogP contribution in [0.3, 0.4) is 0 Å². The molecule has 0 aliphatic carbocycles. The summed E-state index contributed by atoms with van der Waals surface area (Å²) in [5.41, 5.74) is 2.13. The third kappa shape index (κ3) is 4.77. The van der Waals surface area contributed by atoms with Crippen LogP contribution < -0.4 is 0 Å². The van der Waals surface area contributed by atoms with Crippen LogP contribution in [0.25, 0.3) is 0 Å². The van der Waals surface area contributed by atoms with Crippen LogP contribution in [0.5, 0.6) is 0 Å². The Morgan fingerprint density at radius 1 is 1.32 bits per heavy atom. The molecule has 0 aromatic heterocycles. The number of hydrogen-bond acceptors (Lipinski definition) is 4. The lowest BCUT2D eigenvalue weighted by molar-refractivity contribution is 0.0618. The predicted octanol–water partition coefficient (Wildman–Crippen LogP) is 2.98. The summed E-state index contributed by atoms with van der Waals surface area (Å²) < 4.78 is 26.2. The van der Waals surface area contributed by atoms with E-state index in [0.717, 1.165) is 11.1 Å². The van der Waals surface area contributed by atoms with Gasteiger partial charge in [-0.3, -0.25) is 0 Å². The largest absolute Gasteiger partial charge is 0.287 e. The number of rotatable bonds is 4. The summed E-state index contributed by atoms with van der Waals surface area (Å²) in [5, 5.41) is 1.34. The second-order valence-corrected chi connectivity index (χ2v) is 8.49. The van der Waals surface area contributed by atoms with E-state index in [1.807, 2.05) is 31.2 Å². The van der Waals surface area contributed by atoms with E-state index in [2.05, 4.69) is 0 Å². The fourth-order valence-electron chi connectivity index (χ4n) is 1.64. The molecule has 2 atom stereocenters. The molecule has 106 valence electrons. The van der Waals surface area contributed by atoms with E-state index in [1.165, 1.54) is 5.06 Å². The lowest BCUT2D eigenvalue weighted by Gasteiger charge is -2.11. The molecule has 2 rings (SSSR count). The molecule has 1 saturated heterocycles. The number of benzene rings is 1. The van der Waals surface area contributed by atoms with E-state index in [9.17, 15) is 8.42 Å². The number of halogens is 3. The molecular weight excluding hydrogens is 333 g/mol. The van der Waals surface area contributed by atoms with E-state index in [4.69, 9.17) is 39.1 Å². The molecular formula is C11H12Cl3NO3S. The summed E-state index contributed by atoms with van der Waals surface area (Å²) in [6, 6.07) is 7.73. The van der Waals surface area contributed by atoms with Gasteiger partial charge in [0.2, 0.25) is 3.79 Å². The predicted molar refractivity (Wildman–Crippen MR) is 75.8 cm³/mol. The third-order valence-corrected chi connectivity index (χ3v) is 4.66. The molecule has 19 heavy (non-hydrogen) atoms. The Bertz CT molecular complexity index is 554. The quantitative estimate of drug-likeness (QED) is 0.622. The van der Waals surface area contributed by atoms with E-state index in [1.54, 1.807) is 0 Å². The highest BCUT2D eigenvalue weighted by atomic mass is 35.6. The maximum atomic E-state index is 11.6. The lowest BCUT2D eigenvalue weighted by Crippen LogP contribution is -2.23. The van der Waals surface area contributed by atoms with Crippen molar-refractivity contribution < 1.29 is 12.7 Å². The number of hydrogen-bond donors (Lipinski definition) is 0. The highest BCUT2D eigenvalue weighted by Crippen LogP contribution is 2.37. The fraction of sp³-hybridized carbons (Fsp3) is 0.455. The van der Waals surface area contributed by atoms with Gasteiger partial charge in [0.25, 0.3) is 10.1 Å². The molecule has 0 radical (unpaired) electrons. The van der Waals surface area contributed by atoms with Crippen molar-refractivity contribution in [2.75, 3.05) is 12.3 Å². The minimum absolute atomic E-state index is 0.0641. The molecule has 0 bridgehead atoms. The van der Waals surface area contributed by atoms with Gasteiger partial charge in [0.05, 0.1) is 6.04 Å². The zero-order valence-electron chi connectivity index (χ0n) is 10.0. The van der Waals surface area contributed by atoms with Crippen LogP contribution in [0.4, 0.5) is 0 Å². The summed E-state index contributed by atoms with van der Waals surface area (Å²) in [4.78, 5) is 0. The summed E-state index contributed by atoms with van der Waals surface area (Å²) in [7, 11) is -3.90. The standard InChI is InChI=1S/C11H12Cl3NO3S/c1-8-2-4-9(5-3-8)10-6-15(10)18-19(16,17)7-11(12,13)14/h2-5,10H,6-7H2,1H3. The number of nitrogens with zero attached hydrogens (tertiary/aromatic N) is 1.